The van der Waals surface area contributed by atoms with Gasteiger partial charge >= 0.3 is 35.8 Å². The maximum atomic E-state index is 12.4. The van der Waals surface area contributed by atoms with Crippen molar-refractivity contribution in [3.63, 3.8) is 0 Å². The van der Waals surface area contributed by atoms with E-state index in [1.165, 1.54) is 25.8 Å². The zero-order valence-electron chi connectivity index (χ0n) is 27.9. The van der Waals surface area contributed by atoms with Crippen LogP contribution in [0.1, 0.15) is 48.5 Å². The SMILES string of the molecule is CO[C@@H]1O[C@H](COC(C)=O)[C@H](O[C@@H]2O[C@H](CSCCSC(C)=O)[C@H](OC(C)=O)[C@H](OC(C)=O)[C@H]2OC(C)=O)[C@H](OC(C)=O)[C@H]1OC(C)=O. The first-order valence-electron chi connectivity index (χ1n) is 14.7. The monoisotopic (exact) mass is 726 g/mol. The van der Waals surface area contributed by atoms with Gasteiger partial charge in [0.2, 0.25) is 0 Å². The molecule has 0 saturated carbocycles. The number of thioether (sulfide) groups is 2. The second-order valence-electron chi connectivity index (χ2n) is 10.5. The van der Waals surface area contributed by atoms with Crippen molar-refractivity contribution in [3.8, 4) is 0 Å². The quantitative estimate of drug-likeness (QED) is 0.129. The molecule has 0 aromatic rings. The molecule has 10 atom stereocenters. The van der Waals surface area contributed by atoms with Crippen molar-refractivity contribution in [2.75, 3.05) is 31.0 Å². The van der Waals surface area contributed by atoms with Gasteiger partial charge in [-0.15, -0.1) is 0 Å². The second-order valence-corrected chi connectivity index (χ2v) is 12.9. The highest BCUT2D eigenvalue weighted by molar-refractivity contribution is 8.14. The van der Waals surface area contributed by atoms with Gasteiger partial charge in [-0.1, -0.05) is 11.8 Å². The van der Waals surface area contributed by atoms with Crippen LogP contribution in [0.4, 0.5) is 0 Å². The Morgan fingerprint density at radius 2 is 1.00 bits per heavy atom. The number of carbonyl (C=O) groups excluding carboxylic acids is 7. The van der Waals surface area contributed by atoms with Gasteiger partial charge in [0.15, 0.2) is 48.2 Å². The first-order valence-corrected chi connectivity index (χ1v) is 16.9. The van der Waals surface area contributed by atoms with Gasteiger partial charge in [0.1, 0.15) is 24.9 Å². The van der Waals surface area contributed by atoms with Gasteiger partial charge in [0.05, 0.1) is 0 Å². The average molecular weight is 727 g/mol. The van der Waals surface area contributed by atoms with Gasteiger partial charge in [0.25, 0.3) is 0 Å². The Labute approximate surface area is 285 Å². The lowest BCUT2D eigenvalue weighted by molar-refractivity contribution is -0.355. The Balaban J connectivity index is 2.64. The Morgan fingerprint density at radius 3 is 1.48 bits per heavy atom. The van der Waals surface area contributed by atoms with Crippen LogP contribution in [0.2, 0.25) is 0 Å². The van der Waals surface area contributed by atoms with Crippen LogP contribution in [-0.2, 0) is 80.9 Å². The van der Waals surface area contributed by atoms with E-state index in [9.17, 15) is 33.6 Å². The molecule has 0 N–H and O–H groups in total. The van der Waals surface area contributed by atoms with Crippen LogP contribution in [0.15, 0.2) is 0 Å². The van der Waals surface area contributed by atoms with E-state index in [1.807, 2.05) is 0 Å². The number of rotatable bonds is 15. The average Bonchev–Trinajstić information content (AvgIpc) is 2.95. The third kappa shape index (κ3) is 13.1. The standard InChI is InChI=1S/C29H42O17S2/c1-13(30)38-11-20-22(24(40-15(3)32)26(42-17(5)34)28(37-8)44-20)46-29-27(43-18(6)35)25(41-16(4)33)23(39-14(2)31)21(45-29)12-47-9-10-48-19(7)36/h20-29H,9-12H2,1-8H3/t20-,21-,22+,23+,24+,25+,26-,27-,28-,29+/m1/s1. The molecule has 0 radical (unpaired) electrons. The van der Waals surface area contributed by atoms with E-state index in [0.717, 1.165) is 53.3 Å². The zero-order chi connectivity index (χ0) is 36.1. The molecular weight excluding hydrogens is 684 g/mol. The molecular formula is C29H42O17S2. The fraction of sp³-hybridized carbons (Fsp3) is 0.759. The second kappa shape index (κ2) is 19.9. The Morgan fingerprint density at radius 1 is 0.542 bits per heavy atom. The van der Waals surface area contributed by atoms with Crippen molar-refractivity contribution in [1.29, 1.82) is 0 Å². The minimum absolute atomic E-state index is 0.0713. The normalized spacial score (nSPS) is 29.9. The molecule has 0 spiro atoms. The molecule has 0 amide bonds. The Hall–Kier alpha value is -2.97. The van der Waals surface area contributed by atoms with Crippen LogP contribution in [0.3, 0.4) is 0 Å². The summed E-state index contributed by atoms with van der Waals surface area (Å²) in [4.78, 5) is 84.4. The molecule has 48 heavy (non-hydrogen) atoms. The lowest BCUT2D eigenvalue weighted by Gasteiger charge is -2.48. The van der Waals surface area contributed by atoms with Crippen LogP contribution in [0.5, 0.6) is 0 Å². The van der Waals surface area contributed by atoms with E-state index in [0.29, 0.717) is 11.5 Å². The molecule has 2 heterocycles. The summed E-state index contributed by atoms with van der Waals surface area (Å²) < 4.78 is 56.6. The number of methoxy groups -OCH3 is 1. The topological polar surface area (TPSA) is 212 Å². The summed E-state index contributed by atoms with van der Waals surface area (Å²) in [5, 5.41) is -0.0713. The van der Waals surface area contributed by atoms with Crippen LogP contribution < -0.4 is 0 Å². The zero-order valence-corrected chi connectivity index (χ0v) is 29.5. The molecule has 2 saturated heterocycles. The van der Waals surface area contributed by atoms with Crippen molar-refractivity contribution in [2.45, 2.75) is 110 Å². The fourth-order valence-corrected chi connectivity index (χ4v) is 6.67. The van der Waals surface area contributed by atoms with Crippen LogP contribution in [0, 0.1) is 0 Å². The first kappa shape index (κ1) is 41.2. The summed E-state index contributed by atoms with van der Waals surface area (Å²) in [6.45, 7) is 7.62. The largest absolute Gasteiger partial charge is 0.463 e. The first-order chi connectivity index (χ1) is 22.5. The Kier molecular flexibility index (Phi) is 17.1. The molecule has 0 aliphatic carbocycles. The lowest BCUT2D eigenvalue weighted by Crippen LogP contribution is -2.67. The maximum absolute atomic E-state index is 12.4. The number of esters is 6. The predicted octanol–water partition coefficient (Wildman–Crippen LogP) is 0.702. The van der Waals surface area contributed by atoms with Gasteiger partial charge < -0.3 is 47.4 Å². The molecule has 2 aliphatic heterocycles. The molecule has 2 rings (SSSR count). The van der Waals surface area contributed by atoms with E-state index in [4.69, 9.17) is 47.4 Å². The van der Waals surface area contributed by atoms with Gasteiger partial charge in [-0.2, -0.15) is 11.8 Å². The van der Waals surface area contributed by atoms with Crippen molar-refractivity contribution >= 4 is 64.5 Å². The van der Waals surface area contributed by atoms with E-state index in [-0.39, 0.29) is 10.9 Å². The van der Waals surface area contributed by atoms with Gasteiger partial charge in [-0.05, 0) is 0 Å². The molecule has 17 nitrogen and oxygen atoms in total. The number of hydrogen-bond acceptors (Lipinski definition) is 19. The van der Waals surface area contributed by atoms with Crippen molar-refractivity contribution in [2.24, 2.45) is 0 Å². The number of carbonyl (C=O) groups is 7. The summed E-state index contributed by atoms with van der Waals surface area (Å²) in [7, 11) is 1.24. The van der Waals surface area contributed by atoms with Gasteiger partial charge in [0, 0.05) is 72.8 Å². The van der Waals surface area contributed by atoms with Crippen LogP contribution >= 0.6 is 23.5 Å². The van der Waals surface area contributed by atoms with E-state index in [2.05, 4.69) is 0 Å². The minimum Gasteiger partial charge on any atom is -0.463 e. The summed E-state index contributed by atoms with van der Waals surface area (Å²) in [5.41, 5.74) is 0. The maximum Gasteiger partial charge on any atom is 0.303 e. The smallest absolute Gasteiger partial charge is 0.303 e. The fourth-order valence-electron chi connectivity index (χ4n) is 4.91. The van der Waals surface area contributed by atoms with Crippen molar-refractivity contribution in [1.82, 2.24) is 0 Å². The van der Waals surface area contributed by atoms with Gasteiger partial charge in [-0.25, -0.2) is 0 Å². The third-order valence-electron chi connectivity index (χ3n) is 6.48. The lowest BCUT2D eigenvalue weighted by atomic mass is 9.96. The molecule has 2 aliphatic rings. The molecule has 0 bridgehead atoms. The number of ether oxygens (including phenoxy) is 10. The highest BCUT2D eigenvalue weighted by Gasteiger charge is 2.57. The predicted molar refractivity (Wildman–Crippen MR) is 164 cm³/mol. The summed E-state index contributed by atoms with van der Waals surface area (Å²) in [5.74, 6) is -3.66. The minimum atomic E-state index is -1.63. The highest BCUT2D eigenvalue weighted by Crippen LogP contribution is 2.36. The Bertz CT molecular complexity index is 1160. The highest BCUT2D eigenvalue weighted by atomic mass is 32.2. The van der Waals surface area contributed by atoms with Crippen molar-refractivity contribution in [3.05, 3.63) is 0 Å². The molecule has 19 heteroatoms. The molecule has 272 valence electrons. The third-order valence-corrected chi connectivity index (χ3v) is 8.61. The van der Waals surface area contributed by atoms with E-state index >= 15 is 0 Å². The van der Waals surface area contributed by atoms with Crippen LogP contribution in [0.25, 0.3) is 0 Å². The molecule has 0 unspecified atom stereocenters. The van der Waals surface area contributed by atoms with Crippen molar-refractivity contribution < 1.29 is 80.9 Å². The molecule has 0 aromatic carbocycles. The summed E-state index contributed by atoms with van der Waals surface area (Å²) in [6, 6.07) is 0. The van der Waals surface area contributed by atoms with E-state index in [1.54, 1.807) is 0 Å². The number of hydrogen-bond donors (Lipinski definition) is 0. The van der Waals surface area contributed by atoms with Crippen LogP contribution in [-0.4, -0.2) is 133 Å². The van der Waals surface area contributed by atoms with E-state index < -0.39 is 104 Å². The molecule has 0 aromatic heterocycles. The summed E-state index contributed by atoms with van der Waals surface area (Å²) in [6.07, 6.45) is -13.9. The molecule has 2 fully saturated rings. The summed E-state index contributed by atoms with van der Waals surface area (Å²) >= 11 is 2.44. The van der Waals surface area contributed by atoms with Gasteiger partial charge in [-0.3, -0.25) is 33.6 Å².